The predicted octanol–water partition coefficient (Wildman–Crippen LogP) is 1.11. The van der Waals surface area contributed by atoms with Crippen molar-refractivity contribution in [2.24, 2.45) is 0 Å². The van der Waals surface area contributed by atoms with E-state index in [-0.39, 0.29) is 57.5 Å². The molecule has 0 bridgehead atoms. The molecule has 0 aromatic carbocycles. The smallest absolute Gasteiger partial charge is 0.445 e. The Morgan fingerprint density at radius 3 is 2.05 bits per heavy atom. The Morgan fingerprint density at radius 2 is 1.67 bits per heavy atom. The second-order valence-corrected chi connectivity index (χ2v) is 6.12. The fraction of sp³-hybridized carbons (Fsp3) is 0.769. The van der Waals surface area contributed by atoms with Crippen molar-refractivity contribution in [2.75, 3.05) is 13.1 Å². The number of hydrogen-bond donors (Lipinski definition) is 0. The van der Waals surface area contributed by atoms with Crippen LogP contribution in [0.4, 0.5) is 17.7 Å². The number of hydrogen-bond acceptors (Lipinski definition) is 2. The first-order valence-electron chi connectivity index (χ1n) is 6.95. The van der Waals surface area contributed by atoms with Crippen molar-refractivity contribution in [2.45, 2.75) is 52.1 Å². The average molecular weight is 331 g/mol. The second kappa shape index (κ2) is 8.96. The molecule has 3 nitrogen and oxygen atoms in total. The summed E-state index contributed by atoms with van der Waals surface area (Å²) in [5.74, 6) is 0.461. The van der Waals surface area contributed by atoms with E-state index in [0.29, 0.717) is 50.3 Å². The van der Waals surface area contributed by atoms with Gasteiger partial charge in [-0.05, 0) is 46.5 Å². The van der Waals surface area contributed by atoms with E-state index in [0.717, 1.165) is 0 Å². The Balaban J connectivity index is 0.00000400. The maximum Gasteiger partial charge on any atom is 1.00 e. The van der Waals surface area contributed by atoms with E-state index in [2.05, 4.69) is 0 Å². The Labute approximate surface area is 167 Å². The van der Waals surface area contributed by atoms with Gasteiger partial charge in [-0.1, -0.05) is 0 Å². The van der Waals surface area contributed by atoms with Gasteiger partial charge in [-0.2, -0.15) is 0 Å². The van der Waals surface area contributed by atoms with E-state index in [9.17, 15) is 17.7 Å². The van der Waals surface area contributed by atoms with Crippen LogP contribution in [0.25, 0.3) is 0 Å². The Hall–Kier alpha value is 0.501. The van der Waals surface area contributed by atoms with Crippen molar-refractivity contribution in [1.82, 2.24) is 4.90 Å². The van der Waals surface area contributed by atoms with Crippen LogP contribution in [0.2, 0.25) is 0 Å². The molecule has 0 atom stereocenters. The minimum Gasteiger partial charge on any atom is -0.445 e. The zero-order valence-electron chi connectivity index (χ0n) is 13.3. The summed E-state index contributed by atoms with van der Waals surface area (Å²) in [6.45, 7) is 1.39. The number of carbonyl (C=O) groups excluding carboxylic acids is 1. The molecule has 0 aliphatic carbocycles. The first-order chi connectivity index (χ1) is 9.07. The Bertz CT molecular complexity index is 369. The number of likely N-dealkylation sites (tertiary alicyclic amines) is 1. The number of amides is 1. The molecule has 0 aromatic heterocycles. The number of rotatable bonds is 1. The molecule has 0 saturated carbocycles. The van der Waals surface area contributed by atoms with Gasteiger partial charge >= 0.3 is 64.5 Å². The molecule has 116 valence electrons. The summed E-state index contributed by atoms with van der Waals surface area (Å²) >= 11 is 0. The molecular weight excluding hydrogens is 309 g/mol. The van der Waals surface area contributed by atoms with Gasteiger partial charge in [0.15, 0.2) is 0 Å². The van der Waals surface area contributed by atoms with E-state index in [4.69, 9.17) is 4.74 Å². The molecule has 0 aromatic rings. The van der Waals surface area contributed by atoms with Gasteiger partial charge < -0.3 is 22.6 Å². The van der Waals surface area contributed by atoms with Crippen LogP contribution < -0.4 is 51.4 Å². The Morgan fingerprint density at radius 1 is 1.19 bits per heavy atom. The average Bonchev–Trinajstić information content (AvgIpc) is 2.17. The van der Waals surface area contributed by atoms with E-state index in [1.807, 2.05) is 0 Å². The van der Waals surface area contributed by atoms with Crippen molar-refractivity contribution >= 4 is 13.1 Å². The fourth-order valence-electron chi connectivity index (χ4n) is 2.17. The quantitative estimate of drug-likeness (QED) is 0.674. The molecule has 1 rings (SSSR count). The van der Waals surface area contributed by atoms with Crippen molar-refractivity contribution in [3.63, 3.8) is 0 Å². The summed E-state index contributed by atoms with van der Waals surface area (Å²) in [6, 6.07) is 0. The first-order valence-corrected chi connectivity index (χ1v) is 6.95. The summed E-state index contributed by atoms with van der Waals surface area (Å²) in [5.41, 5.74) is -0.107. The third-order valence-electron chi connectivity index (χ3n) is 2.93. The molecule has 1 heterocycles. The standard InChI is InChI=1S/C13H22BF3NO2.K/c1-13(2,3)20-12(19)18-8-4-6-11(7-5-9-18)10-14(15,16)17;/h10H,4-9H2,1-3H3;/q-1;+1. The van der Waals surface area contributed by atoms with Gasteiger partial charge in [0.1, 0.15) is 5.60 Å². The van der Waals surface area contributed by atoms with Gasteiger partial charge in [-0.15, -0.1) is 11.5 Å². The summed E-state index contributed by atoms with van der Waals surface area (Å²) < 4.78 is 42.4. The molecule has 1 aliphatic rings. The van der Waals surface area contributed by atoms with E-state index < -0.39 is 12.6 Å². The van der Waals surface area contributed by atoms with Crippen LogP contribution in [0.1, 0.15) is 46.5 Å². The van der Waals surface area contributed by atoms with E-state index in [1.165, 1.54) is 0 Å². The molecule has 21 heavy (non-hydrogen) atoms. The number of ether oxygens (including phenoxy) is 1. The number of nitrogens with zero attached hydrogens (tertiary/aromatic N) is 1. The number of carbonyl (C=O) groups is 1. The van der Waals surface area contributed by atoms with Gasteiger partial charge in [0, 0.05) is 13.1 Å². The second-order valence-electron chi connectivity index (χ2n) is 6.12. The first kappa shape index (κ1) is 21.5. The maximum atomic E-state index is 12.4. The molecule has 1 aliphatic heterocycles. The molecule has 1 saturated heterocycles. The monoisotopic (exact) mass is 331 g/mol. The third kappa shape index (κ3) is 9.99. The minimum atomic E-state index is -4.87. The third-order valence-corrected chi connectivity index (χ3v) is 2.93. The van der Waals surface area contributed by atoms with Crippen LogP contribution in [-0.4, -0.2) is 36.7 Å². The van der Waals surface area contributed by atoms with Crippen molar-refractivity contribution in [3.8, 4) is 0 Å². The van der Waals surface area contributed by atoms with Gasteiger partial charge in [-0.3, -0.25) is 0 Å². The molecule has 0 N–H and O–H groups in total. The predicted molar refractivity (Wildman–Crippen MR) is 73.4 cm³/mol. The number of allylic oxidation sites excluding steroid dienone is 1. The molecule has 0 unspecified atom stereocenters. The maximum absolute atomic E-state index is 12.4. The van der Waals surface area contributed by atoms with Crippen molar-refractivity contribution in [1.29, 1.82) is 0 Å². The Kier molecular flexibility index (Phi) is 9.17. The van der Waals surface area contributed by atoms with Crippen LogP contribution in [0.3, 0.4) is 0 Å². The summed E-state index contributed by atoms with van der Waals surface area (Å²) in [6.07, 6.45) is 1.47. The van der Waals surface area contributed by atoms with Crippen molar-refractivity contribution < 1.29 is 73.9 Å². The van der Waals surface area contributed by atoms with Gasteiger partial charge in [0.05, 0.1) is 0 Å². The SMILES string of the molecule is CC(C)(C)OC(=O)N1CCCC(=C[B-](F)(F)F)CCC1.[K+]. The number of halogens is 3. The van der Waals surface area contributed by atoms with Crippen LogP contribution >= 0.6 is 0 Å². The van der Waals surface area contributed by atoms with Crippen LogP contribution in [-0.2, 0) is 4.74 Å². The van der Waals surface area contributed by atoms with Gasteiger partial charge in [-0.25, -0.2) is 4.79 Å². The zero-order valence-corrected chi connectivity index (χ0v) is 16.4. The zero-order chi connectivity index (χ0) is 15.4. The normalized spacial score (nSPS) is 17.4. The molecule has 0 spiro atoms. The molecule has 1 amide bonds. The molecule has 1 fully saturated rings. The summed E-state index contributed by atoms with van der Waals surface area (Å²) in [7, 11) is 0. The van der Waals surface area contributed by atoms with Crippen LogP contribution in [0, 0.1) is 0 Å². The molecule has 8 heteroatoms. The largest absolute Gasteiger partial charge is 1.00 e. The van der Waals surface area contributed by atoms with Gasteiger partial charge in [0.25, 0.3) is 0 Å². The molecule has 0 radical (unpaired) electrons. The summed E-state index contributed by atoms with van der Waals surface area (Å²) in [5, 5.41) is 0. The molecular formula is C13H22BF3KNO2. The topological polar surface area (TPSA) is 29.5 Å². The van der Waals surface area contributed by atoms with E-state index in [1.54, 1.807) is 25.7 Å². The minimum absolute atomic E-state index is 0. The van der Waals surface area contributed by atoms with Crippen LogP contribution in [0.5, 0.6) is 0 Å². The fourth-order valence-corrected chi connectivity index (χ4v) is 2.17. The van der Waals surface area contributed by atoms with Crippen LogP contribution in [0.15, 0.2) is 11.5 Å². The summed E-state index contributed by atoms with van der Waals surface area (Å²) in [4.78, 5) is 13.5. The van der Waals surface area contributed by atoms with E-state index >= 15 is 0 Å². The van der Waals surface area contributed by atoms with Crippen molar-refractivity contribution in [3.05, 3.63) is 11.5 Å². The van der Waals surface area contributed by atoms with Gasteiger partial charge in [0.2, 0.25) is 0 Å².